The Morgan fingerprint density at radius 3 is 2.86 bits per heavy atom. The number of nitrogens with two attached hydrogens (primary N) is 1. The lowest BCUT2D eigenvalue weighted by molar-refractivity contribution is -0.126. The average Bonchev–Trinajstić information content (AvgIpc) is 2.48. The van der Waals surface area contributed by atoms with E-state index in [0.29, 0.717) is 12.2 Å². The van der Waals surface area contributed by atoms with Crippen molar-refractivity contribution in [2.45, 2.75) is 12.3 Å². The van der Waals surface area contributed by atoms with E-state index in [1.807, 2.05) is 13.1 Å². The maximum Gasteiger partial charge on any atom is 0.223 e. The zero-order valence-corrected chi connectivity index (χ0v) is 8.10. The van der Waals surface area contributed by atoms with Crippen molar-refractivity contribution >= 4 is 11.7 Å². The van der Waals surface area contributed by atoms with Crippen LogP contribution >= 0.6 is 0 Å². The monoisotopic (exact) mass is 191 g/mol. The third kappa shape index (κ3) is 1.55. The summed E-state index contributed by atoms with van der Waals surface area (Å²) >= 11 is 0. The van der Waals surface area contributed by atoms with Crippen LogP contribution in [-0.4, -0.2) is 29.4 Å². The number of nitrogen functional groups attached to an aromatic ring is 1. The maximum absolute atomic E-state index is 11.3. The summed E-state index contributed by atoms with van der Waals surface area (Å²) in [6.07, 6.45) is 2.34. The third-order valence-corrected chi connectivity index (χ3v) is 2.62. The van der Waals surface area contributed by atoms with Gasteiger partial charge in [0.2, 0.25) is 5.91 Å². The standard InChI is InChI=1S/C10H13N3O/c1-13-6-8(4-10(13)14)7-2-3-9(11)12-5-7/h2-3,5,8H,4,6H2,1H3,(H2,11,12). The molecule has 0 bridgehead atoms. The summed E-state index contributed by atoms with van der Waals surface area (Å²) in [5, 5.41) is 0. The van der Waals surface area contributed by atoms with Gasteiger partial charge in [-0.2, -0.15) is 0 Å². The molecule has 1 aromatic heterocycles. The molecule has 2 N–H and O–H groups in total. The Bertz CT molecular complexity index is 347. The van der Waals surface area contributed by atoms with Crippen molar-refractivity contribution in [3.8, 4) is 0 Å². The number of amides is 1. The Morgan fingerprint density at radius 1 is 1.57 bits per heavy atom. The van der Waals surface area contributed by atoms with Gasteiger partial charge < -0.3 is 10.6 Å². The van der Waals surface area contributed by atoms with E-state index in [-0.39, 0.29) is 11.8 Å². The van der Waals surface area contributed by atoms with Gasteiger partial charge >= 0.3 is 0 Å². The van der Waals surface area contributed by atoms with E-state index in [1.54, 1.807) is 17.2 Å². The van der Waals surface area contributed by atoms with Crippen LogP contribution in [0.15, 0.2) is 18.3 Å². The molecule has 4 nitrogen and oxygen atoms in total. The number of carbonyl (C=O) groups excluding carboxylic acids is 1. The number of likely N-dealkylation sites (tertiary alicyclic amines) is 1. The molecule has 1 aliphatic heterocycles. The molecule has 1 saturated heterocycles. The largest absolute Gasteiger partial charge is 0.384 e. The van der Waals surface area contributed by atoms with Gasteiger partial charge in [-0.15, -0.1) is 0 Å². The first-order valence-electron chi connectivity index (χ1n) is 4.62. The van der Waals surface area contributed by atoms with Gasteiger partial charge in [0.05, 0.1) is 0 Å². The molecule has 1 fully saturated rings. The number of hydrogen-bond donors (Lipinski definition) is 1. The molecule has 1 amide bonds. The maximum atomic E-state index is 11.3. The summed E-state index contributed by atoms with van der Waals surface area (Å²) in [5.74, 6) is 0.999. The lowest BCUT2D eigenvalue weighted by Crippen LogP contribution is -2.18. The van der Waals surface area contributed by atoms with Gasteiger partial charge in [0.25, 0.3) is 0 Å². The van der Waals surface area contributed by atoms with E-state index in [0.717, 1.165) is 12.1 Å². The van der Waals surface area contributed by atoms with E-state index in [2.05, 4.69) is 4.98 Å². The molecule has 1 aromatic rings. The van der Waals surface area contributed by atoms with Gasteiger partial charge in [-0.1, -0.05) is 6.07 Å². The number of aromatic nitrogens is 1. The molecule has 2 rings (SSSR count). The molecule has 1 unspecified atom stereocenters. The number of carbonyl (C=O) groups is 1. The summed E-state index contributed by atoms with van der Waals surface area (Å²) in [4.78, 5) is 17.1. The lowest BCUT2D eigenvalue weighted by Gasteiger charge is -2.09. The second-order valence-corrected chi connectivity index (χ2v) is 3.69. The Morgan fingerprint density at radius 2 is 2.36 bits per heavy atom. The van der Waals surface area contributed by atoms with Crippen LogP contribution in [-0.2, 0) is 4.79 Å². The van der Waals surface area contributed by atoms with Crippen molar-refractivity contribution in [2.75, 3.05) is 19.3 Å². The minimum Gasteiger partial charge on any atom is -0.384 e. The Labute approximate surface area is 82.7 Å². The number of rotatable bonds is 1. The fourth-order valence-corrected chi connectivity index (χ4v) is 1.75. The Kier molecular flexibility index (Phi) is 2.11. The fraction of sp³-hybridized carbons (Fsp3) is 0.400. The quantitative estimate of drug-likeness (QED) is 0.707. The van der Waals surface area contributed by atoms with Crippen LogP contribution in [0, 0.1) is 0 Å². The average molecular weight is 191 g/mol. The van der Waals surface area contributed by atoms with Crippen LogP contribution in [0.2, 0.25) is 0 Å². The minimum absolute atomic E-state index is 0.201. The van der Waals surface area contributed by atoms with Crippen molar-refractivity contribution in [1.82, 2.24) is 9.88 Å². The van der Waals surface area contributed by atoms with Crippen molar-refractivity contribution < 1.29 is 4.79 Å². The predicted octanol–water partition coefficient (Wildman–Crippen LogP) is 0.610. The zero-order chi connectivity index (χ0) is 10.1. The second kappa shape index (κ2) is 3.29. The van der Waals surface area contributed by atoms with Crippen LogP contribution in [0.4, 0.5) is 5.82 Å². The van der Waals surface area contributed by atoms with Gasteiger partial charge in [0.15, 0.2) is 0 Å². The number of pyridine rings is 1. The molecule has 0 saturated carbocycles. The molecule has 4 heteroatoms. The summed E-state index contributed by atoms with van der Waals surface area (Å²) in [5.41, 5.74) is 6.59. The predicted molar refractivity (Wildman–Crippen MR) is 53.6 cm³/mol. The topological polar surface area (TPSA) is 59.2 Å². The van der Waals surface area contributed by atoms with E-state index in [9.17, 15) is 4.79 Å². The number of hydrogen-bond acceptors (Lipinski definition) is 3. The smallest absolute Gasteiger partial charge is 0.223 e. The molecular formula is C10H13N3O. The fourth-order valence-electron chi connectivity index (χ4n) is 1.75. The Hall–Kier alpha value is -1.58. The summed E-state index contributed by atoms with van der Waals surface area (Å²) in [6.45, 7) is 0.782. The van der Waals surface area contributed by atoms with Gasteiger partial charge in [-0.05, 0) is 11.6 Å². The molecule has 0 aliphatic carbocycles. The van der Waals surface area contributed by atoms with E-state index in [1.165, 1.54) is 0 Å². The molecule has 14 heavy (non-hydrogen) atoms. The van der Waals surface area contributed by atoms with E-state index >= 15 is 0 Å². The van der Waals surface area contributed by atoms with Crippen LogP contribution in [0.3, 0.4) is 0 Å². The summed E-state index contributed by atoms with van der Waals surface area (Å²) in [6, 6.07) is 3.72. The molecular weight excluding hydrogens is 178 g/mol. The highest BCUT2D eigenvalue weighted by Gasteiger charge is 2.27. The molecule has 0 aromatic carbocycles. The van der Waals surface area contributed by atoms with Gasteiger partial charge in [0.1, 0.15) is 5.82 Å². The van der Waals surface area contributed by atoms with Crippen molar-refractivity contribution in [3.63, 3.8) is 0 Å². The van der Waals surface area contributed by atoms with Crippen molar-refractivity contribution in [2.24, 2.45) is 0 Å². The van der Waals surface area contributed by atoms with Crippen molar-refractivity contribution in [1.29, 1.82) is 0 Å². The van der Waals surface area contributed by atoms with Gasteiger partial charge in [-0.3, -0.25) is 4.79 Å². The third-order valence-electron chi connectivity index (χ3n) is 2.62. The van der Waals surface area contributed by atoms with E-state index in [4.69, 9.17) is 5.73 Å². The highest BCUT2D eigenvalue weighted by Crippen LogP contribution is 2.26. The molecule has 1 aliphatic rings. The normalized spacial score (nSPS) is 21.6. The van der Waals surface area contributed by atoms with Crippen LogP contribution < -0.4 is 5.73 Å². The van der Waals surface area contributed by atoms with E-state index < -0.39 is 0 Å². The summed E-state index contributed by atoms with van der Waals surface area (Å²) in [7, 11) is 1.83. The summed E-state index contributed by atoms with van der Waals surface area (Å²) < 4.78 is 0. The van der Waals surface area contributed by atoms with Crippen LogP contribution in [0.25, 0.3) is 0 Å². The van der Waals surface area contributed by atoms with Gasteiger partial charge in [0, 0.05) is 32.1 Å². The number of anilines is 1. The minimum atomic E-state index is 0.201. The number of likely N-dealkylation sites (N-methyl/N-ethyl adjacent to an activating group) is 1. The highest BCUT2D eigenvalue weighted by atomic mass is 16.2. The highest BCUT2D eigenvalue weighted by molar-refractivity contribution is 5.79. The SMILES string of the molecule is CN1CC(c2ccc(N)nc2)CC1=O. The van der Waals surface area contributed by atoms with Gasteiger partial charge in [-0.25, -0.2) is 4.98 Å². The van der Waals surface area contributed by atoms with Crippen LogP contribution in [0.1, 0.15) is 17.9 Å². The molecule has 0 radical (unpaired) electrons. The molecule has 74 valence electrons. The Balaban J connectivity index is 2.17. The molecule has 0 spiro atoms. The molecule has 2 heterocycles. The lowest BCUT2D eigenvalue weighted by atomic mass is 10.0. The zero-order valence-electron chi connectivity index (χ0n) is 8.10. The second-order valence-electron chi connectivity index (χ2n) is 3.69. The molecule has 1 atom stereocenters. The van der Waals surface area contributed by atoms with Crippen LogP contribution in [0.5, 0.6) is 0 Å². The first kappa shape index (κ1) is 8.99. The first-order valence-corrected chi connectivity index (χ1v) is 4.62. The first-order chi connectivity index (χ1) is 6.66. The van der Waals surface area contributed by atoms with Crippen molar-refractivity contribution in [3.05, 3.63) is 23.9 Å². The number of nitrogens with zero attached hydrogens (tertiary/aromatic N) is 2.